The van der Waals surface area contributed by atoms with Gasteiger partial charge in [-0.1, -0.05) is 38.1 Å². The van der Waals surface area contributed by atoms with Crippen LogP contribution in [0.15, 0.2) is 29.6 Å². The van der Waals surface area contributed by atoms with Gasteiger partial charge in [-0.3, -0.25) is 14.3 Å². The van der Waals surface area contributed by atoms with E-state index in [4.69, 9.17) is 0 Å². The molecule has 0 atom stereocenters. The number of thiazole rings is 1. The molecule has 2 amide bonds. The normalized spacial score (nSPS) is 11.1. The van der Waals surface area contributed by atoms with Crippen LogP contribution in [0, 0.1) is 19.8 Å². The zero-order valence-electron chi connectivity index (χ0n) is 20.1. The van der Waals surface area contributed by atoms with Gasteiger partial charge in [0.1, 0.15) is 0 Å². The van der Waals surface area contributed by atoms with E-state index in [-0.39, 0.29) is 18.2 Å². The van der Waals surface area contributed by atoms with Gasteiger partial charge in [-0.05, 0) is 38.2 Å². The van der Waals surface area contributed by atoms with E-state index in [2.05, 4.69) is 46.7 Å². The van der Waals surface area contributed by atoms with Crippen LogP contribution in [0.4, 0.5) is 5.13 Å². The molecule has 0 aliphatic carbocycles. The predicted molar refractivity (Wildman–Crippen MR) is 133 cm³/mol. The highest BCUT2D eigenvalue weighted by atomic mass is 32.1. The van der Waals surface area contributed by atoms with Crippen molar-refractivity contribution in [1.82, 2.24) is 20.1 Å². The van der Waals surface area contributed by atoms with Gasteiger partial charge in [0.2, 0.25) is 11.8 Å². The van der Waals surface area contributed by atoms with Gasteiger partial charge in [0.15, 0.2) is 5.13 Å². The maximum Gasteiger partial charge on any atom is 0.230 e. The number of amides is 2. The third-order valence-corrected chi connectivity index (χ3v) is 6.18. The molecule has 0 radical (unpaired) electrons. The van der Waals surface area contributed by atoms with E-state index in [1.165, 1.54) is 23.8 Å². The van der Waals surface area contributed by atoms with E-state index in [1.54, 1.807) is 0 Å². The Morgan fingerprint density at radius 3 is 2.55 bits per heavy atom. The number of nitrogens with zero attached hydrogens (tertiary/aromatic N) is 3. The molecule has 176 valence electrons. The van der Waals surface area contributed by atoms with Gasteiger partial charge in [-0.25, -0.2) is 4.98 Å². The molecule has 0 fully saturated rings. The smallest absolute Gasteiger partial charge is 0.230 e. The predicted octanol–water partition coefficient (Wildman–Crippen LogP) is 4.53. The molecule has 0 spiro atoms. The number of rotatable bonds is 10. The summed E-state index contributed by atoms with van der Waals surface area (Å²) in [5.41, 5.74) is 6.01. The molecular formula is C25H33N5O2S. The van der Waals surface area contributed by atoms with Crippen molar-refractivity contribution < 1.29 is 9.59 Å². The first-order valence-electron chi connectivity index (χ1n) is 11.3. The highest BCUT2D eigenvalue weighted by Gasteiger charge is 2.16. The van der Waals surface area contributed by atoms with Gasteiger partial charge < -0.3 is 10.6 Å². The second kappa shape index (κ2) is 11.2. The van der Waals surface area contributed by atoms with Gasteiger partial charge in [-0.15, -0.1) is 11.3 Å². The number of carbonyl (C=O) groups excluding carboxylic acids is 2. The van der Waals surface area contributed by atoms with Crippen LogP contribution in [0.3, 0.4) is 0 Å². The molecule has 3 aromatic rings. The lowest BCUT2D eigenvalue weighted by molar-refractivity contribution is -0.119. The third kappa shape index (κ3) is 6.99. The molecule has 0 saturated heterocycles. The zero-order chi connectivity index (χ0) is 24.0. The second-order valence-corrected chi connectivity index (χ2v) is 9.63. The number of hydrogen-bond donors (Lipinski definition) is 2. The van der Waals surface area contributed by atoms with E-state index >= 15 is 0 Å². The first kappa shape index (κ1) is 24.6. The Bertz CT molecular complexity index is 1100. The maximum absolute atomic E-state index is 12.7. The molecule has 0 saturated carbocycles. The molecule has 7 nitrogen and oxygen atoms in total. The minimum absolute atomic E-state index is 0.00300. The highest BCUT2D eigenvalue weighted by Crippen LogP contribution is 2.26. The summed E-state index contributed by atoms with van der Waals surface area (Å²) in [6.07, 6.45) is 2.10. The molecule has 2 N–H and O–H groups in total. The number of aromatic nitrogens is 3. The molecule has 1 aromatic carbocycles. The molecule has 0 aliphatic rings. The van der Waals surface area contributed by atoms with Gasteiger partial charge in [0.05, 0.1) is 17.8 Å². The fraction of sp³-hybridized carbons (Fsp3) is 0.440. The molecule has 8 heteroatoms. The molecule has 0 bridgehead atoms. The zero-order valence-corrected chi connectivity index (χ0v) is 20.9. The Labute approximate surface area is 199 Å². The summed E-state index contributed by atoms with van der Waals surface area (Å²) in [6, 6.07) is 8.26. The molecular weight excluding hydrogens is 434 g/mol. The second-order valence-electron chi connectivity index (χ2n) is 8.77. The standard InChI is InChI=1S/C25H33N5O2S/c1-16(2)14-30-18(4)22(17(3)29-30)13-24(32)28-25-27-23(15-33-25)21-10-8-20(9-11-21)7-6-12-26-19(5)31/h8-11,15-16H,6-7,12-14H2,1-5H3,(H,26,31)(H,27,28,32). The largest absolute Gasteiger partial charge is 0.356 e. The number of hydrogen-bond acceptors (Lipinski definition) is 5. The monoisotopic (exact) mass is 467 g/mol. The van der Waals surface area contributed by atoms with E-state index in [0.29, 0.717) is 17.6 Å². The summed E-state index contributed by atoms with van der Waals surface area (Å²) in [7, 11) is 0. The van der Waals surface area contributed by atoms with Gasteiger partial charge >= 0.3 is 0 Å². The minimum atomic E-state index is -0.0827. The number of benzene rings is 1. The molecule has 2 aromatic heterocycles. The van der Waals surface area contributed by atoms with Crippen LogP contribution in [0.2, 0.25) is 0 Å². The van der Waals surface area contributed by atoms with Gasteiger partial charge in [0.25, 0.3) is 0 Å². The van der Waals surface area contributed by atoms with Crippen molar-refractivity contribution >= 4 is 28.3 Å². The quantitative estimate of drug-likeness (QED) is 0.429. The van der Waals surface area contributed by atoms with Crippen molar-refractivity contribution in [2.45, 2.75) is 60.4 Å². The summed E-state index contributed by atoms with van der Waals surface area (Å²) in [5, 5.41) is 12.9. The molecule has 0 unspecified atom stereocenters. The summed E-state index contributed by atoms with van der Waals surface area (Å²) < 4.78 is 1.99. The van der Waals surface area contributed by atoms with Crippen molar-refractivity contribution in [3.63, 3.8) is 0 Å². The Kier molecular flexibility index (Phi) is 8.38. The summed E-state index contributed by atoms with van der Waals surface area (Å²) >= 11 is 1.42. The highest BCUT2D eigenvalue weighted by molar-refractivity contribution is 7.14. The Hall–Kier alpha value is -3.00. The van der Waals surface area contributed by atoms with E-state index in [9.17, 15) is 9.59 Å². The van der Waals surface area contributed by atoms with Crippen LogP contribution in [0.1, 0.15) is 49.7 Å². The number of aryl methyl sites for hydroxylation is 2. The fourth-order valence-electron chi connectivity index (χ4n) is 3.70. The van der Waals surface area contributed by atoms with E-state index < -0.39 is 0 Å². The van der Waals surface area contributed by atoms with Crippen molar-refractivity contribution in [2.75, 3.05) is 11.9 Å². The maximum atomic E-state index is 12.7. The van der Waals surface area contributed by atoms with Crippen molar-refractivity contribution in [1.29, 1.82) is 0 Å². The lowest BCUT2D eigenvalue weighted by Gasteiger charge is -2.08. The van der Waals surface area contributed by atoms with Gasteiger partial charge in [-0.2, -0.15) is 5.10 Å². The van der Waals surface area contributed by atoms with Crippen LogP contribution in [-0.4, -0.2) is 33.1 Å². The Balaban J connectivity index is 1.57. The molecule has 0 aliphatic heterocycles. The number of carbonyl (C=O) groups is 2. The molecule has 2 heterocycles. The fourth-order valence-corrected chi connectivity index (χ4v) is 4.44. The minimum Gasteiger partial charge on any atom is -0.356 e. The SMILES string of the molecule is CC(=O)NCCCc1ccc(-c2csc(NC(=O)Cc3c(C)nn(CC(C)C)c3C)n2)cc1. The Morgan fingerprint density at radius 1 is 1.15 bits per heavy atom. The topological polar surface area (TPSA) is 88.9 Å². The average molecular weight is 468 g/mol. The lowest BCUT2D eigenvalue weighted by Crippen LogP contribution is -2.21. The Morgan fingerprint density at radius 2 is 1.88 bits per heavy atom. The lowest BCUT2D eigenvalue weighted by atomic mass is 10.1. The van der Waals surface area contributed by atoms with Crippen LogP contribution >= 0.6 is 11.3 Å². The van der Waals surface area contributed by atoms with Crippen LogP contribution < -0.4 is 10.6 Å². The average Bonchev–Trinajstić information content (AvgIpc) is 3.31. The van der Waals surface area contributed by atoms with E-state index in [0.717, 1.165) is 47.6 Å². The van der Waals surface area contributed by atoms with Gasteiger partial charge in [0, 0.05) is 42.2 Å². The molecule has 3 rings (SSSR count). The first-order chi connectivity index (χ1) is 15.7. The number of anilines is 1. The van der Waals surface area contributed by atoms with Crippen LogP contribution in [0.25, 0.3) is 11.3 Å². The van der Waals surface area contributed by atoms with Crippen LogP contribution in [0.5, 0.6) is 0 Å². The summed E-state index contributed by atoms with van der Waals surface area (Å²) in [4.78, 5) is 28.2. The van der Waals surface area contributed by atoms with Crippen LogP contribution in [-0.2, 0) is 29.0 Å². The van der Waals surface area contributed by atoms with E-state index in [1.807, 2.05) is 36.0 Å². The first-order valence-corrected chi connectivity index (χ1v) is 12.2. The summed E-state index contributed by atoms with van der Waals surface area (Å²) in [5.74, 6) is 0.417. The number of nitrogens with one attached hydrogen (secondary N) is 2. The van der Waals surface area contributed by atoms with Crippen molar-refractivity contribution in [3.05, 3.63) is 52.2 Å². The van der Waals surface area contributed by atoms with Crippen molar-refractivity contribution in [2.24, 2.45) is 5.92 Å². The van der Waals surface area contributed by atoms with Crippen molar-refractivity contribution in [3.8, 4) is 11.3 Å². The molecule has 33 heavy (non-hydrogen) atoms. The third-order valence-electron chi connectivity index (χ3n) is 5.42. The summed E-state index contributed by atoms with van der Waals surface area (Å²) in [6.45, 7) is 11.4.